The van der Waals surface area contributed by atoms with Crippen LogP contribution in [-0.2, 0) is 21.2 Å². The van der Waals surface area contributed by atoms with Crippen LogP contribution in [0.5, 0.6) is 0 Å². The van der Waals surface area contributed by atoms with Crippen molar-refractivity contribution < 1.29 is 22.0 Å². The van der Waals surface area contributed by atoms with Crippen molar-refractivity contribution in [1.29, 1.82) is 0 Å². The number of sulfonamides is 1. The summed E-state index contributed by atoms with van der Waals surface area (Å²) in [7, 11) is -4.11. The molecule has 8 nitrogen and oxygen atoms in total. The van der Waals surface area contributed by atoms with E-state index >= 15 is 0 Å². The standard InChI is InChI=1S/C22H25F2N5O3S/c1-14-12-21-25-15(2)18(16(3)29(21)26-14)5-7-22(30)27-8-10-28(11-9-27)33(31,32)20-6-4-17(23)13-19(20)24/h4,6,12-13H,5,7-11H2,1-3H3. The molecule has 0 atom stereocenters. The van der Waals surface area contributed by atoms with Gasteiger partial charge in [0.05, 0.1) is 5.69 Å². The van der Waals surface area contributed by atoms with Gasteiger partial charge in [-0.15, -0.1) is 0 Å². The number of aryl methyl sites for hydroxylation is 3. The Balaban J connectivity index is 1.39. The number of fused-ring (bicyclic) bond motifs is 1. The number of halogens is 2. The SMILES string of the molecule is Cc1cc2nc(C)c(CCC(=O)N3CCN(S(=O)(=O)c4ccc(F)cc4F)CC3)c(C)n2n1. The van der Waals surface area contributed by atoms with Crippen LogP contribution in [0, 0.1) is 32.4 Å². The van der Waals surface area contributed by atoms with E-state index in [1.165, 1.54) is 0 Å². The zero-order valence-corrected chi connectivity index (χ0v) is 19.5. The molecule has 0 unspecified atom stereocenters. The Labute approximate surface area is 190 Å². The lowest BCUT2D eigenvalue weighted by Crippen LogP contribution is -2.50. The Kier molecular flexibility index (Phi) is 6.19. The predicted octanol–water partition coefficient (Wildman–Crippen LogP) is 2.40. The van der Waals surface area contributed by atoms with Crippen LogP contribution >= 0.6 is 0 Å². The van der Waals surface area contributed by atoms with E-state index in [4.69, 9.17) is 0 Å². The Morgan fingerprint density at radius 2 is 1.76 bits per heavy atom. The molecule has 0 spiro atoms. The fraction of sp³-hybridized carbons (Fsp3) is 0.409. The molecule has 11 heteroatoms. The highest BCUT2D eigenvalue weighted by Crippen LogP contribution is 2.22. The molecule has 1 fully saturated rings. The summed E-state index contributed by atoms with van der Waals surface area (Å²) < 4.78 is 55.5. The van der Waals surface area contributed by atoms with E-state index in [9.17, 15) is 22.0 Å². The number of amides is 1. The van der Waals surface area contributed by atoms with Crippen LogP contribution < -0.4 is 0 Å². The van der Waals surface area contributed by atoms with Gasteiger partial charge in [-0.05, 0) is 44.9 Å². The van der Waals surface area contributed by atoms with Crippen molar-refractivity contribution >= 4 is 21.6 Å². The molecule has 3 aromatic rings. The van der Waals surface area contributed by atoms with Gasteiger partial charge in [0.25, 0.3) is 0 Å². The van der Waals surface area contributed by atoms with Gasteiger partial charge >= 0.3 is 0 Å². The van der Waals surface area contributed by atoms with Gasteiger partial charge in [-0.3, -0.25) is 4.79 Å². The van der Waals surface area contributed by atoms with Crippen LogP contribution in [0.3, 0.4) is 0 Å². The van der Waals surface area contributed by atoms with Gasteiger partial charge in [-0.1, -0.05) is 0 Å². The lowest BCUT2D eigenvalue weighted by Gasteiger charge is -2.34. The number of carbonyl (C=O) groups is 1. The summed E-state index contributed by atoms with van der Waals surface area (Å²) >= 11 is 0. The molecule has 176 valence electrons. The van der Waals surface area contributed by atoms with Crippen molar-refractivity contribution in [2.75, 3.05) is 26.2 Å². The van der Waals surface area contributed by atoms with Crippen molar-refractivity contribution in [3.63, 3.8) is 0 Å². The maximum atomic E-state index is 14.0. The Morgan fingerprint density at radius 1 is 1.06 bits per heavy atom. The third kappa shape index (κ3) is 4.47. The molecule has 1 amide bonds. The average molecular weight is 478 g/mol. The number of nitrogens with zero attached hydrogens (tertiary/aromatic N) is 5. The first-order valence-electron chi connectivity index (χ1n) is 10.6. The molecular formula is C22H25F2N5O3S. The summed E-state index contributed by atoms with van der Waals surface area (Å²) in [6.07, 6.45) is 0.756. The van der Waals surface area contributed by atoms with Crippen molar-refractivity contribution in [1.82, 2.24) is 23.8 Å². The summed E-state index contributed by atoms with van der Waals surface area (Å²) in [6.45, 7) is 6.26. The number of aromatic nitrogens is 3. The van der Waals surface area contributed by atoms with Gasteiger partial charge in [0.1, 0.15) is 16.5 Å². The number of hydrogen-bond donors (Lipinski definition) is 0. The second kappa shape index (κ2) is 8.79. The number of piperazine rings is 1. The summed E-state index contributed by atoms with van der Waals surface area (Å²) in [6, 6.07) is 4.29. The maximum Gasteiger partial charge on any atom is 0.246 e. The minimum absolute atomic E-state index is 0.0447. The molecule has 2 aromatic heterocycles. The third-order valence-corrected chi connectivity index (χ3v) is 7.91. The van der Waals surface area contributed by atoms with Crippen molar-refractivity contribution in [3.8, 4) is 0 Å². The van der Waals surface area contributed by atoms with Crippen LogP contribution in [0.1, 0.15) is 29.1 Å². The van der Waals surface area contributed by atoms with E-state index in [2.05, 4.69) is 10.1 Å². The lowest BCUT2D eigenvalue weighted by atomic mass is 10.1. The minimum Gasteiger partial charge on any atom is -0.340 e. The fourth-order valence-corrected chi connectivity index (χ4v) is 5.66. The predicted molar refractivity (Wildman–Crippen MR) is 117 cm³/mol. The Bertz CT molecular complexity index is 1330. The number of carbonyl (C=O) groups excluding carboxylic acids is 1. The van der Waals surface area contributed by atoms with E-state index in [1.807, 2.05) is 26.8 Å². The second-order valence-electron chi connectivity index (χ2n) is 8.18. The topological polar surface area (TPSA) is 87.9 Å². The Morgan fingerprint density at radius 3 is 2.42 bits per heavy atom. The molecule has 0 radical (unpaired) electrons. The smallest absolute Gasteiger partial charge is 0.246 e. The van der Waals surface area contributed by atoms with E-state index in [0.717, 1.165) is 44.7 Å². The van der Waals surface area contributed by atoms with Crippen molar-refractivity contribution in [2.45, 2.75) is 38.5 Å². The van der Waals surface area contributed by atoms with Gasteiger partial charge in [-0.2, -0.15) is 9.40 Å². The number of hydrogen-bond acceptors (Lipinski definition) is 5. The van der Waals surface area contributed by atoms with Crippen molar-refractivity contribution in [2.24, 2.45) is 0 Å². The van der Waals surface area contributed by atoms with Gasteiger partial charge < -0.3 is 4.90 Å². The van der Waals surface area contributed by atoms with Crippen LogP contribution in [0.15, 0.2) is 29.2 Å². The molecule has 33 heavy (non-hydrogen) atoms. The normalized spacial score (nSPS) is 15.4. The first kappa shape index (κ1) is 23.2. The molecule has 0 N–H and O–H groups in total. The van der Waals surface area contributed by atoms with E-state index in [-0.39, 0.29) is 38.5 Å². The molecule has 0 saturated carbocycles. The highest BCUT2D eigenvalue weighted by molar-refractivity contribution is 7.89. The van der Waals surface area contributed by atoms with Gasteiger partial charge in [-0.25, -0.2) is 26.7 Å². The van der Waals surface area contributed by atoms with Gasteiger partial charge in [0, 0.05) is 56.1 Å². The highest BCUT2D eigenvalue weighted by Gasteiger charge is 2.32. The molecule has 0 aliphatic carbocycles. The first-order chi connectivity index (χ1) is 15.6. The lowest BCUT2D eigenvalue weighted by molar-refractivity contribution is -0.132. The number of rotatable bonds is 5. The average Bonchev–Trinajstić information content (AvgIpc) is 3.13. The fourth-order valence-electron chi connectivity index (χ4n) is 4.19. The van der Waals surface area contributed by atoms with Crippen LogP contribution in [-0.4, -0.2) is 64.3 Å². The summed E-state index contributed by atoms with van der Waals surface area (Å²) in [4.78, 5) is 18.4. The highest BCUT2D eigenvalue weighted by atomic mass is 32.2. The van der Waals surface area contributed by atoms with Crippen LogP contribution in [0.4, 0.5) is 8.78 Å². The zero-order chi connectivity index (χ0) is 23.9. The van der Waals surface area contributed by atoms with Gasteiger partial charge in [0.2, 0.25) is 15.9 Å². The van der Waals surface area contributed by atoms with E-state index in [0.29, 0.717) is 12.5 Å². The molecule has 3 heterocycles. The molecule has 1 saturated heterocycles. The molecule has 0 bridgehead atoms. The molecule has 1 aliphatic heterocycles. The Hall–Kier alpha value is -2.92. The van der Waals surface area contributed by atoms with E-state index < -0.39 is 26.6 Å². The van der Waals surface area contributed by atoms with Crippen LogP contribution in [0.2, 0.25) is 0 Å². The zero-order valence-electron chi connectivity index (χ0n) is 18.7. The molecule has 1 aliphatic rings. The van der Waals surface area contributed by atoms with Gasteiger partial charge in [0.15, 0.2) is 5.65 Å². The van der Waals surface area contributed by atoms with Crippen molar-refractivity contribution in [3.05, 3.63) is 58.5 Å². The summed E-state index contributed by atoms with van der Waals surface area (Å²) in [5.74, 6) is -2.06. The monoisotopic (exact) mass is 477 g/mol. The summed E-state index contributed by atoms with van der Waals surface area (Å²) in [5, 5.41) is 4.45. The molecule has 4 rings (SSSR count). The van der Waals surface area contributed by atoms with Crippen LogP contribution in [0.25, 0.3) is 5.65 Å². The molecular weight excluding hydrogens is 452 g/mol. The quantitative estimate of drug-likeness (QED) is 0.563. The van der Waals surface area contributed by atoms with E-state index in [1.54, 1.807) is 9.42 Å². The first-order valence-corrected chi connectivity index (χ1v) is 12.1. The minimum atomic E-state index is -4.11. The summed E-state index contributed by atoms with van der Waals surface area (Å²) in [5.41, 5.74) is 4.39. The maximum absolute atomic E-state index is 14.0. The molecule has 1 aromatic carbocycles. The third-order valence-electron chi connectivity index (χ3n) is 5.98. The largest absolute Gasteiger partial charge is 0.340 e. The second-order valence-corrected chi connectivity index (χ2v) is 10.1. The number of benzene rings is 1.